The number of hydrogen-bond acceptors (Lipinski definition) is 3. The van der Waals surface area contributed by atoms with E-state index in [2.05, 4.69) is 64.1 Å². The predicted molar refractivity (Wildman–Crippen MR) is 84.0 cm³/mol. The SMILES string of the molecule is CCCNc1cc(COC)nc2ccc(I)cc12. The summed E-state index contributed by atoms with van der Waals surface area (Å²) in [6, 6.07) is 8.39. The number of ether oxygens (including phenoxy) is 1. The van der Waals surface area contributed by atoms with E-state index in [-0.39, 0.29) is 0 Å². The molecule has 3 nitrogen and oxygen atoms in total. The first-order valence-corrected chi connectivity index (χ1v) is 7.14. The summed E-state index contributed by atoms with van der Waals surface area (Å²) >= 11 is 2.33. The fourth-order valence-corrected chi connectivity index (χ4v) is 2.37. The molecular weight excluding hydrogens is 339 g/mol. The number of anilines is 1. The van der Waals surface area contributed by atoms with Crippen LogP contribution in [-0.4, -0.2) is 18.6 Å². The fourth-order valence-electron chi connectivity index (χ4n) is 1.88. The Morgan fingerprint density at radius 1 is 1.33 bits per heavy atom. The van der Waals surface area contributed by atoms with Gasteiger partial charge in [0.15, 0.2) is 0 Å². The summed E-state index contributed by atoms with van der Waals surface area (Å²) in [5, 5.41) is 4.64. The molecule has 0 aliphatic carbocycles. The highest BCUT2D eigenvalue weighted by molar-refractivity contribution is 14.1. The van der Waals surface area contributed by atoms with Gasteiger partial charge in [-0.2, -0.15) is 0 Å². The van der Waals surface area contributed by atoms with Gasteiger partial charge in [0.05, 0.1) is 17.8 Å². The molecule has 96 valence electrons. The Labute approximate surface area is 121 Å². The minimum Gasteiger partial charge on any atom is -0.384 e. The van der Waals surface area contributed by atoms with Crippen LogP contribution in [0, 0.1) is 3.57 Å². The standard InChI is InChI=1S/C14H17IN2O/c1-3-6-16-14-8-11(9-18-2)17-13-5-4-10(15)7-12(13)14/h4-5,7-8H,3,6,9H2,1-2H3,(H,16,17). The Morgan fingerprint density at radius 2 is 2.17 bits per heavy atom. The molecule has 1 heterocycles. The van der Waals surface area contributed by atoms with Crippen LogP contribution in [0.5, 0.6) is 0 Å². The highest BCUT2D eigenvalue weighted by Gasteiger charge is 2.06. The van der Waals surface area contributed by atoms with Crippen LogP contribution >= 0.6 is 22.6 Å². The van der Waals surface area contributed by atoms with Crippen molar-refractivity contribution >= 4 is 39.2 Å². The molecule has 2 rings (SSSR count). The van der Waals surface area contributed by atoms with Gasteiger partial charge in [-0.15, -0.1) is 0 Å². The molecule has 18 heavy (non-hydrogen) atoms. The average molecular weight is 356 g/mol. The van der Waals surface area contributed by atoms with E-state index in [1.54, 1.807) is 7.11 Å². The van der Waals surface area contributed by atoms with Gasteiger partial charge in [-0.05, 0) is 53.3 Å². The van der Waals surface area contributed by atoms with Gasteiger partial charge >= 0.3 is 0 Å². The van der Waals surface area contributed by atoms with E-state index in [1.165, 1.54) is 8.96 Å². The van der Waals surface area contributed by atoms with Crippen LogP contribution in [0.15, 0.2) is 24.3 Å². The summed E-state index contributed by atoms with van der Waals surface area (Å²) in [4.78, 5) is 4.61. The number of methoxy groups -OCH3 is 1. The molecule has 0 amide bonds. The lowest BCUT2D eigenvalue weighted by Crippen LogP contribution is -2.03. The first kappa shape index (κ1) is 13.5. The van der Waals surface area contributed by atoms with Gasteiger partial charge in [0, 0.05) is 28.3 Å². The van der Waals surface area contributed by atoms with Gasteiger partial charge in [-0.1, -0.05) is 6.92 Å². The van der Waals surface area contributed by atoms with Gasteiger partial charge < -0.3 is 10.1 Å². The Kier molecular flexibility index (Phi) is 4.77. The molecule has 0 atom stereocenters. The molecular formula is C14H17IN2O. The molecule has 1 aromatic heterocycles. The molecule has 0 spiro atoms. The van der Waals surface area contributed by atoms with E-state index >= 15 is 0 Å². The molecule has 0 radical (unpaired) electrons. The van der Waals surface area contributed by atoms with Crippen LogP contribution < -0.4 is 5.32 Å². The number of nitrogens with one attached hydrogen (secondary N) is 1. The van der Waals surface area contributed by atoms with Crippen LogP contribution in [0.1, 0.15) is 19.0 Å². The van der Waals surface area contributed by atoms with E-state index in [1.807, 2.05) is 0 Å². The van der Waals surface area contributed by atoms with Crippen molar-refractivity contribution < 1.29 is 4.74 Å². The normalized spacial score (nSPS) is 10.8. The van der Waals surface area contributed by atoms with Gasteiger partial charge in [0.1, 0.15) is 0 Å². The zero-order valence-electron chi connectivity index (χ0n) is 10.7. The number of fused-ring (bicyclic) bond motifs is 1. The second kappa shape index (κ2) is 6.33. The topological polar surface area (TPSA) is 34.1 Å². The summed E-state index contributed by atoms with van der Waals surface area (Å²) in [6.45, 7) is 3.68. The second-order valence-corrected chi connectivity index (χ2v) is 5.43. The Bertz CT molecular complexity index is 543. The predicted octanol–water partition coefficient (Wildman–Crippen LogP) is 3.81. The summed E-state index contributed by atoms with van der Waals surface area (Å²) in [5.74, 6) is 0. The third kappa shape index (κ3) is 3.11. The van der Waals surface area contributed by atoms with Crippen molar-refractivity contribution in [1.82, 2.24) is 4.98 Å². The minimum absolute atomic E-state index is 0.544. The zero-order chi connectivity index (χ0) is 13.0. The largest absolute Gasteiger partial charge is 0.384 e. The maximum Gasteiger partial charge on any atom is 0.0885 e. The van der Waals surface area contributed by atoms with E-state index in [9.17, 15) is 0 Å². The molecule has 1 N–H and O–H groups in total. The molecule has 1 aromatic carbocycles. The Balaban J connectivity index is 2.50. The van der Waals surface area contributed by atoms with Gasteiger partial charge in [-0.25, -0.2) is 0 Å². The summed E-state index contributed by atoms with van der Waals surface area (Å²) in [6.07, 6.45) is 1.10. The van der Waals surface area contributed by atoms with E-state index in [0.29, 0.717) is 6.61 Å². The number of pyridine rings is 1. The highest BCUT2D eigenvalue weighted by Crippen LogP contribution is 2.25. The van der Waals surface area contributed by atoms with E-state index in [0.717, 1.165) is 29.9 Å². The third-order valence-corrected chi connectivity index (χ3v) is 3.35. The maximum absolute atomic E-state index is 5.17. The smallest absolute Gasteiger partial charge is 0.0885 e. The quantitative estimate of drug-likeness (QED) is 0.828. The minimum atomic E-state index is 0.544. The first-order valence-electron chi connectivity index (χ1n) is 6.06. The Hall–Kier alpha value is -0.880. The molecule has 0 fully saturated rings. The van der Waals surface area contributed by atoms with Gasteiger partial charge in [0.25, 0.3) is 0 Å². The molecule has 0 saturated carbocycles. The van der Waals surface area contributed by atoms with Gasteiger partial charge in [0.2, 0.25) is 0 Å². The number of halogens is 1. The molecule has 0 bridgehead atoms. The number of nitrogens with zero attached hydrogens (tertiary/aromatic N) is 1. The molecule has 4 heteroatoms. The van der Waals surface area contributed by atoms with Crippen molar-refractivity contribution in [3.05, 3.63) is 33.5 Å². The molecule has 0 aliphatic heterocycles. The number of hydrogen-bond donors (Lipinski definition) is 1. The van der Waals surface area contributed by atoms with Gasteiger partial charge in [-0.3, -0.25) is 4.98 Å². The van der Waals surface area contributed by atoms with Crippen LogP contribution in [0.2, 0.25) is 0 Å². The van der Waals surface area contributed by atoms with Crippen molar-refractivity contribution in [1.29, 1.82) is 0 Å². The average Bonchev–Trinajstić information content (AvgIpc) is 2.37. The van der Waals surface area contributed by atoms with Crippen LogP contribution in [0.3, 0.4) is 0 Å². The summed E-state index contributed by atoms with van der Waals surface area (Å²) < 4.78 is 6.39. The molecule has 0 unspecified atom stereocenters. The van der Waals surface area contributed by atoms with Crippen molar-refractivity contribution in [2.75, 3.05) is 19.0 Å². The Morgan fingerprint density at radius 3 is 2.89 bits per heavy atom. The number of aromatic nitrogens is 1. The van der Waals surface area contributed by atoms with Crippen LogP contribution in [0.25, 0.3) is 10.9 Å². The van der Waals surface area contributed by atoms with E-state index in [4.69, 9.17) is 4.74 Å². The summed E-state index contributed by atoms with van der Waals surface area (Å²) in [7, 11) is 1.69. The maximum atomic E-state index is 5.17. The van der Waals surface area contributed by atoms with Crippen molar-refractivity contribution in [2.24, 2.45) is 0 Å². The lowest BCUT2D eigenvalue weighted by Gasteiger charge is -2.11. The zero-order valence-corrected chi connectivity index (χ0v) is 12.8. The highest BCUT2D eigenvalue weighted by atomic mass is 127. The summed E-state index contributed by atoms with van der Waals surface area (Å²) in [5.41, 5.74) is 3.13. The van der Waals surface area contributed by atoms with Crippen molar-refractivity contribution in [3.8, 4) is 0 Å². The van der Waals surface area contributed by atoms with Crippen LogP contribution in [0.4, 0.5) is 5.69 Å². The number of benzene rings is 1. The third-order valence-electron chi connectivity index (χ3n) is 2.68. The molecule has 0 saturated heterocycles. The number of rotatable bonds is 5. The molecule has 0 aliphatic rings. The first-order chi connectivity index (χ1) is 8.74. The van der Waals surface area contributed by atoms with E-state index < -0.39 is 0 Å². The fraction of sp³-hybridized carbons (Fsp3) is 0.357. The van der Waals surface area contributed by atoms with Crippen molar-refractivity contribution in [2.45, 2.75) is 20.0 Å². The monoisotopic (exact) mass is 356 g/mol. The lowest BCUT2D eigenvalue weighted by molar-refractivity contribution is 0.182. The lowest BCUT2D eigenvalue weighted by atomic mass is 10.1. The molecule has 2 aromatic rings. The van der Waals surface area contributed by atoms with Crippen molar-refractivity contribution in [3.63, 3.8) is 0 Å². The van der Waals surface area contributed by atoms with Crippen LogP contribution in [-0.2, 0) is 11.3 Å². The second-order valence-electron chi connectivity index (χ2n) is 4.18.